The molecular weight excluding hydrogens is 216 g/mol. The topological polar surface area (TPSA) is 52.6 Å². The molecule has 1 aromatic rings. The first-order valence-corrected chi connectivity index (χ1v) is 5.75. The minimum Gasteiger partial charge on any atom is -0.394 e. The zero-order valence-corrected chi connectivity index (χ0v) is 10.6. The predicted octanol–water partition coefficient (Wildman–Crippen LogP) is 1.77. The van der Waals surface area contributed by atoms with Crippen molar-refractivity contribution in [2.24, 2.45) is 0 Å². The minimum absolute atomic E-state index is 0.0381. The average molecular weight is 236 g/mol. The summed E-state index contributed by atoms with van der Waals surface area (Å²) in [6.45, 7) is 3.70. The van der Waals surface area contributed by atoms with Crippen molar-refractivity contribution in [2.75, 3.05) is 13.7 Å². The first-order chi connectivity index (χ1) is 8.06. The summed E-state index contributed by atoms with van der Waals surface area (Å²) in [4.78, 5) is 13.3. The van der Waals surface area contributed by atoms with Crippen LogP contribution in [0.4, 0.5) is 4.79 Å². The maximum absolute atomic E-state index is 11.8. The molecule has 0 heterocycles. The lowest BCUT2D eigenvalue weighted by Crippen LogP contribution is -2.44. The van der Waals surface area contributed by atoms with E-state index in [2.05, 4.69) is 5.32 Å². The van der Waals surface area contributed by atoms with Crippen LogP contribution in [0.2, 0.25) is 0 Å². The molecule has 0 bridgehead atoms. The molecule has 1 aromatic carbocycles. The summed E-state index contributed by atoms with van der Waals surface area (Å²) in [5.74, 6) is 0. The highest BCUT2D eigenvalue weighted by molar-refractivity contribution is 5.74. The van der Waals surface area contributed by atoms with Gasteiger partial charge in [-0.05, 0) is 19.4 Å². The Kier molecular flexibility index (Phi) is 4.97. The van der Waals surface area contributed by atoms with E-state index in [0.717, 1.165) is 5.56 Å². The second kappa shape index (κ2) is 6.25. The second-order valence-electron chi connectivity index (χ2n) is 4.22. The van der Waals surface area contributed by atoms with Crippen LogP contribution in [-0.2, 0) is 0 Å². The Morgan fingerprint density at radius 1 is 1.35 bits per heavy atom. The van der Waals surface area contributed by atoms with Crippen LogP contribution in [0.25, 0.3) is 0 Å². The van der Waals surface area contributed by atoms with Gasteiger partial charge in [-0.15, -0.1) is 0 Å². The third kappa shape index (κ3) is 3.75. The highest BCUT2D eigenvalue weighted by Gasteiger charge is 2.16. The highest BCUT2D eigenvalue weighted by Crippen LogP contribution is 2.11. The van der Waals surface area contributed by atoms with Crippen LogP contribution < -0.4 is 5.32 Å². The molecule has 17 heavy (non-hydrogen) atoms. The van der Waals surface area contributed by atoms with E-state index in [1.54, 1.807) is 14.0 Å². The number of carbonyl (C=O) groups excluding carboxylic acids is 1. The fourth-order valence-corrected chi connectivity index (χ4v) is 1.43. The van der Waals surface area contributed by atoms with Crippen LogP contribution in [0.15, 0.2) is 30.3 Å². The van der Waals surface area contributed by atoms with Crippen molar-refractivity contribution in [3.63, 3.8) is 0 Å². The summed E-state index contributed by atoms with van der Waals surface area (Å²) in [5.41, 5.74) is 1.06. The Bertz CT molecular complexity index is 354. The standard InChI is InChI=1S/C13H20N2O2/c1-10(9-16)15(3)13(17)14-11(2)12-7-5-4-6-8-12/h4-8,10-11,16H,9H2,1-3H3,(H,14,17)/t10?,11-/m1/s1. The number of carbonyl (C=O) groups is 1. The lowest BCUT2D eigenvalue weighted by atomic mass is 10.1. The molecule has 0 aliphatic carbocycles. The molecule has 1 unspecified atom stereocenters. The smallest absolute Gasteiger partial charge is 0.317 e. The third-order valence-electron chi connectivity index (χ3n) is 2.89. The number of rotatable bonds is 4. The van der Waals surface area contributed by atoms with E-state index >= 15 is 0 Å². The summed E-state index contributed by atoms with van der Waals surface area (Å²) in [5, 5.41) is 11.9. The van der Waals surface area contributed by atoms with Crippen molar-refractivity contribution in [3.8, 4) is 0 Å². The van der Waals surface area contributed by atoms with Crippen molar-refractivity contribution in [1.29, 1.82) is 0 Å². The Labute approximate surface area is 102 Å². The summed E-state index contributed by atoms with van der Waals surface area (Å²) in [6, 6.07) is 9.37. The van der Waals surface area contributed by atoms with Crippen molar-refractivity contribution in [1.82, 2.24) is 10.2 Å². The SMILES string of the molecule is CC(CO)N(C)C(=O)N[C@H](C)c1ccccc1. The predicted molar refractivity (Wildman–Crippen MR) is 67.7 cm³/mol. The molecule has 0 spiro atoms. The molecule has 2 amide bonds. The van der Waals surface area contributed by atoms with Gasteiger partial charge in [-0.25, -0.2) is 4.79 Å². The molecule has 0 fully saturated rings. The van der Waals surface area contributed by atoms with Crippen molar-refractivity contribution < 1.29 is 9.90 Å². The minimum atomic E-state index is -0.182. The first-order valence-electron chi connectivity index (χ1n) is 5.75. The van der Waals surface area contributed by atoms with Crippen LogP contribution in [0, 0.1) is 0 Å². The Morgan fingerprint density at radius 2 is 1.94 bits per heavy atom. The molecule has 94 valence electrons. The van der Waals surface area contributed by atoms with E-state index in [0.29, 0.717) is 0 Å². The van der Waals surface area contributed by atoms with Gasteiger partial charge < -0.3 is 15.3 Å². The number of amides is 2. The van der Waals surface area contributed by atoms with Gasteiger partial charge in [-0.3, -0.25) is 0 Å². The Balaban J connectivity index is 2.57. The monoisotopic (exact) mass is 236 g/mol. The van der Waals surface area contributed by atoms with Crippen LogP contribution in [0.5, 0.6) is 0 Å². The van der Waals surface area contributed by atoms with Crippen molar-refractivity contribution in [3.05, 3.63) is 35.9 Å². The maximum atomic E-state index is 11.8. The van der Waals surface area contributed by atoms with Gasteiger partial charge in [-0.1, -0.05) is 30.3 Å². The fourth-order valence-electron chi connectivity index (χ4n) is 1.43. The maximum Gasteiger partial charge on any atom is 0.317 e. The van der Waals surface area contributed by atoms with Crippen LogP contribution in [-0.4, -0.2) is 35.7 Å². The van der Waals surface area contributed by atoms with Gasteiger partial charge in [0.15, 0.2) is 0 Å². The van der Waals surface area contributed by atoms with Crippen LogP contribution in [0.1, 0.15) is 25.5 Å². The van der Waals surface area contributed by atoms with Gasteiger partial charge in [-0.2, -0.15) is 0 Å². The number of hydrogen-bond acceptors (Lipinski definition) is 2. The number of likely N-dealkylation sites (N-methyl/N-ethyl adjacent to an activating group) is 1. The zero-order valence-electron chi connectivity index (χ0n) is 10.6. The van der Waals surface area contributed by atoms with E-state index in [9.17, 15) is 4.79 Å². The summed E-state index contributed by atoms with van der Waals surface area (Å²) < 4.78 is 0. The van der Waals surface area contributed by atoms with E-state index in [1.807, 2.05) is 37.3 Å². The quantitative estimate of drug-likeness (QED) is 0.837. The number of nitrogens with one attached hydrogen (secondary N) is 1. The normalized spacial score (nSPS) is 13.9. The van der Waals surface area contributed by atoms with Crippen LogP contribution in [0.3, 0.4) is 0 Å². The van der Waals surface area contributed by atoms with E-state index in [4.69, 9.17) is 5.11 Å². The molecule has 0 saturated carbocycles. The fraction of sp³-hybridized carbons (Fsp3) is 0.462. The molecule has 0 aliphatic rings. The lowest BCUT2D eigenvalue weighted by Gasteiger charge is -2.25. The zero-order chi connectivity index (χ0) is 12.8. The molecule has 1 rings (SSSR count). The van der Waals surface area contributed by atoms with Crippen LogP contribution >= 0.6 is 0 Å². The summed E-state index contributed by atoms with van der Waals surface area (Å²) in [7, 11) is 1.67. The molecular formula is C13H20N2O2. The number of aliphatic hydroxyl groups excluding tert-OH is 1. The molecule has 0 aromatic heterocycles. The highest BCUT2D eigenvalue weighted by atomic mass is 16.3. The van der Waals surface area contributed by atoms with Gasteiger partial charge in [0, 0.05) is 7.05 Å². The number of urea groups is 1. The average Bonchev–Trinajstić information content (AvgIpc) is 2.37. The Hall–Kier alpha value is -1.55. The van der Waals surface area contributed by atoms with Crippen molar-refractivity contribution in [2.45, 2.75) is 25.9 Å². The largest absolute Gasteiger partial charge is 0.394 e. The molecule has 2 atom stereocenters. The summed E-state index contributed by atoms with van der Waals surface area (Å²) >= 11 is 0. The number of aliphatic hydroxyl groups is 1. The Morgan fingerprint density at radius 3 is 2.47 bits per heavy atom. The van der Waals surface area contributed by atoms with E-state index in [1.165, 1.54) is 4.90 Å². The van der Waals surface area contributed by atoms with Gasteiger partial charge in [0.05, 0.1) is 18.7 Å². The molecule has 4 nitrogen and oxygen atoms in total. The van der Waals surface area contributed by atoms with Crippen molar-refractivity contribution >= 4 is 6.03 Å². The molecule has 0 aliphatic heterocycles. The molecule has 4 heteroatoms. The lowest BCUT2D eigenvalue weighted by molar-refractivity contribution is 0.155. The van der Waals surface area contributed by atoms with Gasteiger partial charge in [0.1, 0.15) is 0 Å². The number of benzene rings is 1. The van der Waals surface area contributed by atoms with Gasteiger partial charge >= 0.3 is 6.03 Å². The van der Waals surface area contributed by atoms with Gasteiger partial charge in [0.25, 0.3) is 0 Å². The third-order valence-corrected chi connectivity index (χ3v) is 2.89. The number of hydrogen-bond donors (Lipinski definition) is 2. The van der Waals surface area contributed by atoms with E-state index in [-0.39, 0.29) is 24.7 Å². The molecule has 2 N–H and O–H groups in total. The summed E-state index contributed by atoms with van der Waals surface area (Å²) in [6.07, 6.45) is 0. The number of nitrogens with zero attached hydrogens (tertiary/aromatic N) is 1. The van der Waals surface area contributed by atoms with Gasteiger partial charge in [0.2, 0.25) is 0 Å². The first kappa shape index (κ1) is 13.5. The molecule has 0 radical (unpaired) electrons. The van der Waals surface area contributed by atoms with E-state index < -0.39 is 0 Å². The molecule has 0 saturated heterocycles. The second-order valence-corrected chi connectivity index (χ2v) is 4.22.